The number of thioether (sulfide) groups is 1. The Balaban J connectivity index is 1.47. The molecule has 30 heavy (non-hydrogen) atoms. The molecule has 2 N–H and O–H groups in total. The van der Waals surface area contributed by atoms with Crippen molar-refractivity contribution in [1.29, 1.82) is 0 Å². The van der Waals surface area contributed by atoms with Crippen LogP contribution in [0.2, 0.25) is 10.0 Å². The zero-order chi connectivity index (χ0) is 21.5. The second-order valence-electron chi connectivity index (χ2n) is 6.54. The van der Waals surface area contributed by atoms with Crippen LogP contribution in [0.25, 0.3) is 0 Å². The molecule has 0 atom stereocenters. The van der Waals surface area contributed by atoms with E-state index in [1.807, 2.05) is 43.3 Å². The topological polar surface area (TPSA) is 76.0 Å². The van der Waals surface area contributed by atoms with Gasteiger partial charge >= 0.3 is 0 Å². The first-order valence-corrected chi connectivity index (χ1v) is 11.0. The van der Waals surface area contributed by atoms with Crippen molar-refractivity contribution in [2.24, 2.45) is 0 Å². The van der Waals surface area contributed by atoms with E-state index in [1.165, 1.54) is 11.8 Å². The Morgan fingerprint density at radius 1 is 1.00 bits per heavy atom. The first-order chi connectivity index (χ1) is 14.4. The molecule has 0 radical (unpaired) electrons. The van der Waals surface area contributed by atoms with Crippen LogP contribution < -0.4 is 10.6 Å². The fourth-order valence-electron chi connectivity index (χ4n) is 2.65. The Bertz CT molecular complexity index is 1040. The minimum atomic E-state index is -0.220. The number of nitrogens with zero attached hydrogens (tertiary/aromatic N) is 2. The number of hydrogen-bond acceptors (Lipinski definition) is 4. The van der Waals surface area contributed by atoms with E-state index >= 15 is 0 Å². The SMILES string of the molecule is Cc1ccc(NC(=O)CSCC(=O)Nc2ccnn2Cc2cccc(Cl)c2Cl)cc1. The fraction of sp³-hybridized carbons (Fsp3) is 0.190. The van der Waals surface area contributed by atoms with E-state index in [1.54, 1.807) is 23.0 Å². The summed E-state index contributed by atoms with van der Waals surface area (Å²) in [5, 5.41) is 10.8. The van der Waals surface area contributed by atoms with Crippen LogP contribution in [0.4, 0.5) is 11.5 Å². The summed E-state index contributed by atoms with van der Waals surface area (Å²) >= 11 is 13.5. The van der Waals surface area contributed by atoms with Crippen LogP contribution in [-0.4, -0.2) is 33.1 Å². The molecule has 1 heterocycles. The quantitative estimate of drug-likeness (QED) is 0.501. The number of hydrogen-bond donors (Lipinski definition) is 2. The maximum Gasteiger partial charge on any atom is 0.235 e. The standard InChI is InChI=1S/C21H20Cl2N4O2S/c1-14-5-7-16(8-6-14)25-19(28)12-30-13-20(29)26-18-9-10-24-27(18)11-15-3-2-4-17(22)21(15)23/h2-10H,11-13H2,1H3,(H,25,28)(H,26,29). The van der Waals surface area contributed by atoms with Crippen LogP contribution in [-0.2, 0) is 16.1 Å². The lowest BCUT2D eigenvalue weighted by atomic mass is 10.2. The highest BCUT2D eigenvalue weighted by Crippen LogP contribution is 2.26. The molecular formula is C21H20Cl2N4O2S. The van der Waals surface area contributed by atoms with E-state index in [-0.39, 0.29) is 23.3 Å². The highest BCUT2D eigenvalue weighted by atomic mass is 35.5. The van der Waals surface area contributed by atoms with E-state index in [4.69, 9.17) is 23.2 Å². The monoisotopic (exact) mass is 462 g/mol. The summed E-state index contributed by atoms with van der Waals surface area (Å²) in [6, 6.07) is 14.6. The molecule has 1 aromatic heterocycles. The molecule has 0 spiro atoms. The van der Waals surface area contributed by atoms with Gasteiger partial charge in [0, 0.05) is 11.8 Å². The average molecular weight is 463 g/mol. The number of benzene rings is 2. The number of amides is 2. The maximum atomic E-state index is 12.3. The van der Waals surface area contributed by atoms with Gasteiger partial charge in [-0.1, -0.05) is 53.0 Å². The first kappa shape index (κ1) is 22.2. The molecule has 0 unspecified atom stereocenters. The molecule has 2 aromatic carbocycles. The van der Waals surface area contributed by atoms with E-state index in [2.05, 4.69) is 15.7 Å². The predicted octanol–water partition coefficient (Wildman–Crippen LogP) is 4.86. The lowest BCUT2D eigenvalue weighted by molar-refractivity contribution is -0.114. The van der Waals surface area contributed by atoms with Gasteiger partial charge in [-0.15, -0.1) is 11.8 Å². The van der Waals surface area contributed by atoms with Crippen molar-refractivity contribution in [2.45, 2.75) is 13.5 Å². The number of nitrogens with one attached hydrogen (secondary N) is 2. The van der Waals surface area contributed by atoms with Crippen LogP contribution in [0.5, 0.6) is 0 Å². The zero-order valence-corrected chi connectivity index (χ0v) is 18.5. The highest BCUT2D eigenvalue weighted by Gasteiger charge is 2.12. The normalized spacial score (nSPS) is 10.6. The highest BCUT2D eigenvalue weighted by molar-refractivity contribution is 8.00. The number of aryl methyl sites for hydroxylation is 1. The molecule has 0 saturated carbocycles. The van der Waals surface area contributed by atoms with Gasteiger partial charge in [-0.3, -0.25) is 9.59 Å². The third kappa shape index (κ3) is 6.26. The molecule has 0 saturated heterocycles. The van der Waals surface area contributed by atoms with Gasteiger partial charge < -0.3 is 10.6 Å². The summed E-state index contributed by atoms with van der Waals surface area (Å²) in [4.78, 5) is 24.3. The predicted molar refractivity (Wildman–Crippen MR) is 124 cm³/mol. The summed E-state index contributed by atoms with van der Waals surface area (Å²) in [5.74, 6) is 0.489. The number of halogens is 2. The van der Waals surface area contributed by atoms with Gasteiger partial charge in [0.05, 0.1) is 34.3 Å². The molecule has 9 heteroatoms. The third-order valence-corrected chi connectivity index (χ3v) is 5.93. The van der Waals surface area contributed by atoms with Crippen molar-refractivity contribution in [3.05, 3.63) is 75.9 Å². The van der Waals surface area contributed by atoms with Gasteiger partial charge in [0.1, 0.15) is 5.82 Å². The maximum absolute atomic E-state index is 12.3. The Labute approximate surface area is 188 Å². The number of anilines is 2. The smallest absolute Gasteiger partial charge is 0.235 e. The van der Waals surface area contributed by atoms with E-state index in [0.29, 0.717) is 22.4 Å². The van der Waals surface area contributed by atoms with Crippen molar-refractivity contribution in [3.63, 3.8) is 0 Å². The third-order valence-electron chi connectivity index (χ3n) is 4.14. The van der Waals surface area contributed by atoms with Crippen molar-refractivity contribution >= 4 is 58.3 Å². The number of carbonyl (C=O) groups is 2. The molecule has 0 aliphatic heterocycles. The molecule has 0 aliphatic rings. The van der Waals surface area contributed by atoms with Crippen molar-refractivity contribution in [2.75, 3.05) is 22.1 Å². The fourth-order valence-corrected chi connectivity index (χ4v) is 3.64. The molecule has 3 aromatic rings. The zero-order valence-electron chi connectivity index (χ0n) is 16.2. The molecule has 0 fully saturated rings. The van der Waals surface area contributed by atoms with Gasteiger partial charge in [-0.05, 0) is 30.7 Å². The Morgan fingerprint density at radius 3 is 2.43 bits per heavy atom. The molecule has 0 bridgehead atoms. The second kappa shape index (κ2) is 10.5. The van der Waals surface area contributed by atoms with Crippen LogP contribution in [0, 0.1) is 6.92 Å². The molecule has 2 amide bonds. The van der Waals surface area contributed by atoms with E-state index in [0.717, 1.165) is 16.8 Å². The molecule has 6 nitrogen and oxygen atoms in total. The van der Waals surface area contributed by atoms with E-state index in [9.17, 15) is 9.59 Å². The van der Waals surface area contributed by atoms with Crippen molar-refractivity contribution in [1.82, 2.24) is 9.78 Å². The van der Waals surface area contributed by atoms with Crippen LogP contribution in [0.3, 0.4) is 0 Å². The second-order valence-corrected chi connectivity index (χ2v) is 8.31. The Morgan fingerprint density at radius 2 is 1.70 bits per heavy atom. The van der Waals surface area contributed by atoms with Crippen LogP contribution >= 0.6 is 35.0 Å². The van der Waals surface area contributed by atoms with Crippen LogP contribution in [0.1, 0.15) is 11.1 Å². The summed E-state index contributed by atoms with van der Waals surface area (Å²) < 4.78 is 1.63. The summed E-state index contributed by atoms with van der Waals surface area (Å²) in [6.07, 6.45) is 1.59. The van der Waals surface area contributed by atoms with Gasteiger partial charge in [-0.25, -0.2) is 4.68 Å². The molecular weight excluding hydrogens is 443 g/mol. The van der Waals surface area contributed by atoms with E-state index < -0.39 is 0 Å². The van der Waals surface area contributed by atoms with Gasteiger partial charge in [0.25, 0.3) is 0 Å². The lowest BCUT2D eigenvalue weighted by Gasteiger charge is -2.11. The first-order valence-electron chi connectivity index (χ1n) is 9.11. The Hall–Kier alpha value is -2.48. The van der Waals surface area contributed by atoms with Crippen LogP contribution in [0.15, 0.2) is 54.7 Å². The average Bonchev–Trinajstić information content (AvgIpc) is 3.14. The summed E-state index contributed by atoms with van der Waals surface area (Å²) in [5.41, 5.74) is 2.65. The van der Waals surface area contributed by atoms with Gasteiger partial charge in [0.2, 0.25) is 11.8 Å². The Kier molecular flexibility index (Phi) is 7.79. The van der Waals surface area contributed by atoms with Crippen molar-refractivity contribution < 1.29 is 9.59 Å². The number of rotatable bonds is 8. The van der Waals surface area contributed by atoms with Crippen molar-refractivity contribution in [3.8, 4) is 0 Å². The summed E-state index contributed by atoms with van der Waals surface area (Å²) in [7, 11) is 0. The lowest BCUT2D eigenvalue weighted by Crippen LogP contribution is -2.20. The number of carbonyl (C=O) groups excluding carboxylic acids is 2. The molecule has 0 aliphatic carbocycles. The number of aromatic nitrogens is 2. The molecule has 156 valence electrons. The minimum absolute atomic E-state index is 0.143. The molecule has 3 rings (SSSR count). The van der Waals surface area contributed by atoms with Gasteiger partial charge in [-0.2, -0.15) is 5.10 Å². The van der Waals surface area contributed by atoms with Gasteiger partial charge in [0.15, 0.2) is 0 Å². The summed E-state index contributed by atoms with van der Waals surface area (Å²) in [6.45, 7) is 2.35. The largest absolute Gasteiger partial charge is 0.325 e. The minimum Gasteiger partial charge on any atom is -0.325 e.